The highest BCUT2D eigenvalue weighted by atomic mass is 35.5. The number of hydrogen-bond acceptors (Lipinski definition) is 4. The molecule has 1 aliphatic heterocycles. The summed E-state index contributed by atoms with van der Waals surface area (Å²) >= 11 is 6.03. The molecule has 2 rings (SSSR count). The number of nitrogens with one attached hydrogen (secondary N) is 1. The lowest BCUT2D eigenvalue weighted by molar-refractivity contribution is -0.0117. The third kappa shape index (κ3) is 3.28. The summed E-state index contributed by atoms with van der Waals surface area (Å²) in [6.45, 7) is 5.55. The van der Waals surface area contributed by atoms with Gasteiger partial charge in [-0.1, -0.05) is 11.6 Å². The van der Waals surface area contributed by atoms with E-state index in [1.165, 1.54) is 0 Å². The fraction of sp³-hybridized carbons (Fsp3) is 0.538. The second kappa shape index (κ2) is 5.78. The summed E-state index contributed by atoms with van der Waals surface area (Å²) in [5, 5.41) is 3.97. The summed E-state index contributed by atoms with van der Waals surface area (Å²) in [5.41, 5.74) is 8.49. The Balaban J connectivity index is 1.95. The number of benzene rings is 1. The van der Waals surface area contributed by atoms with Crippen molar-refractivity contribution in [3.05, 3.63) is 22.7 Å². The number of likely N-dealkylation sites (N-methyl/N-ethyl adjacent to an activating group) is 1. The summed E-state index contributed by atoms with van der Waals surface area (Å²) < 4.78 is 5.70. The van der Waals surface area contributed by atoms with Crippen molar-refractivity contribution in [2.24, 2.45) is 0 Å². The van der Waals surface area contributed by atoms with Crippen LogP contribution < -0.4 is 11.1 Å². The fourth-order valence-corrected chi connectivity index (χ4v) is 2.27. The Kier molecular flexibility index (Phi) is 4.32. The minimum absolute atomic E-state index is 0.222. The van der Waals surface area contributed by atoms with Crippen LogP contribution in [0.2, 0.25) is 5.02 Å². The van der Waals surface area contributed by atoms with Gasteiger partial charge in [-0.15, -0.1) is 0 Å². The quantitative estimate of drug-likeness (QED) is 0.824. The van der Waals surface area contributed by atoms with Gasteiger partial charge in [-0.2, -0.15) is 0 Å². The molecule has 100 valence electrons. The Morgan fingerprint density at radius 1 is 1.56 bits per heavy atom. The predicted octanol–water partition coefficient (Wildman–Crippen LogP) is 1.97. The van der Waals surface area contributed by atoms with Crippen LogP contribution in [0.5, 0.6) is 0 Å². The number of ether oxygens (including phenoxy) is 1. The van der Waals surface area contributed by atoms with Crippen LogP contribution in [-0.2, 0) is 4.74 Å². The zero-order chi connectivity index (χ0) is 13.1. The van der Waals surface area contributed by atoms with Crippen LogP contribution in [-0.4, -0.2) is 44.3 Å². The SMILES string of the molecule is Cc1cc(N)c(Cl)cc1NCC1CN(C)CCO1. The van der Waals surface area contributed by atoms with E-state index in [1.54, 1.807) is 0 Å². The number of nitrogen functional groups attached to an aromatic ring is 1. The average molecular weight is 270 g/mol. The van der Waals surface area contributed by atoms with Gasteiger partial charge in [-0.25, -0.2) is 0 Å². The Labute approximate surface area is 113 Å². The first-order valence-corrected chi connectivity index (χ1v) is 6.53. The van der Waals surface area contributed by atoms with E-state index in [-0.39, 0.29) is 6.10 Å². The van der Waals surface area contributed by atoms with Gasteiger partial charge in [0.1, 0.15) is 0 Å². The topological polar surface area (TPSA) is 50.5 Å². The van der Waals surface area contributed by atoms with Crippen molar-refractivity contribution in [3.8, 4) is 0 Å². The molecule has 1 heterocycles. The van der Waals surface area contributed by atoms with Crippen molar-refractivity contribution in [3.63, 3.8) is 0 Å². The van der Waals surface area contributed by atoms with Crippen LogP contribution in [0.15, 0.2) is 12.1 Å². The highest BCUT2D eigenvalue weighted by Gasteiger charge is 2.17. The van der Waals surface area contributed by atoms with Crippen LogP contribution in [0, 0.1) is 6.92 Å². The van der Waals surface area contributed by atoms with Gasteiger partial charge in [0.25, 0.3) is 0 Å². The third-order valence-corrected chi connectivity index (χ3v) is 3.53. The van der Waals surface area contributed by atoms with Gasteiger partial charge in [-0.05, 0) is 31.7 Å². The lowest BCUT2D eigenvalue weighted by atomic mass is 10.1. The Hall–Kier alpha value is -0.970. The standard InChI is InChI=1S/C13H20ClN3O/c1-9-5-12(15)11(14)6-13(9)16-7-10-8-17(2)3-4-18-10/h5-6,10,16H,3-4,7-8,15H2,1-2H3. The molecule has 0 amide bonds. The van der Waals surface area contributed by atoms with Crippen molar-refractivity contribution < 1.29 is 4.74 Å². The maximum Gasteiger partial charge on any atom is 0.0874 e. The van der Waals surface area contributed by atoms with E-state index in [1.807, 2.05) is 19.1 Å². The van der Waals surface area contributed by atoms with Gasteiger partial charge in [0, 0.05) is 25.3 Å². The lowest BCUT2D eigenvalue weighted by Crippen LogP contribution is -2.43. The van der Waals surface area contributed by atoms with Crippen LogP contribution in [0.3, 0.4) is 0 Å². The van der Waals surface area contributed by atoms with E-state index in [4.69, 9.17) is 22.1 Å². The molecule has 0 saturated carbocycles. The summed E-state index contributed by atoms with van der Waals surface area (Å²) in [6, 6.07) is 3.76. The molecule has 0 bridgehead atoms. The monoisotopic (exact) mass is 269 g/mol. The Morgan fingerprint density at radius 3 is 3.06 bits per heavy atom. The largest absolute Gasteiger partial charge is 0.398 e. The number of hydrogen-bond donors (Lipinski definition) is 2. The van der Waals surface area contributed by atoms with Crippen molar-refractivity contribution in [2.45, 2.75) is 13.0 Å². The first kappa shape index (κ1) is 13.5. The van der Waals surface area contributed by atoms with Crippen molar-refractivity contribution in [1.82, 2.24) is 4.90 Å². The molecule has 0 aliphatic carbocycles. The van der Waals surface area contributed by atoms with Gasteiger partial charge in [0.2, 0.25) is 0 Å². The summed E-state index contributed by atoms with van der Waals surface area (Å²) in [7, 11) is 2.11. The molecule has 1 fully saturated rings. The Bertz CT molecular complexity index is 425. The van der Waals surface area contributed by atoms with Gasteiger partial charge in [-0.3, -0.25) is 0 Å². The molecule has 18 heavy (non-hydrogen) atoms. The molecular weight excluding hydrogens is 250 g/mol. The highest BCUT2D eigenvalue weighted by Crippen LogP contribution is 2.26. The molecule has 1 unspecified atom stereocenters. The molecule has 1 aromatic rings. The van der Waals surface area contributed by atoms with Gasteiger partial charge in [0.15, 0.2) is 0 Å². The smallest absolute Gasteiger partial charge is 0.0874 e. The summed E-state index contributed by atoms with van der Waals surface area (Å²) in [4.78, 5) is 2.28. The molecule has 3 N–H and O–H groups in total. The molecule has 1 saturated heterocycles. The van der Waals surface area contributed by atoms with Crippen molar-refractivity contribution >= 4 is 23.0 Å². The molecular formula is C13H20ClN3O. The molecule has 0 aromatic heterocycles. The zero-order valence-corrected chi connectivity index (χ0v) is 11.6. The average Bonchev–Trinajstić information content (AvgIpc) is 2.32. The van der Waals surface area contributed by atoms with E-state index in [9.17, 15) is 0 Å². The number of anilines is 2. The van der Waals surface area contributed by atoms with E-state index >= 15 is 0 Å². The minimum Gasteiger partial charge on any atom is -0.398 e. The van der Waals surface area contributed by atoms with Crippen molar-refractivity contribution in [1.29, 1.82) is 0 Å². The molecule has 1 aromatic carbocycles. The molecule has 0 radical (unpaired) electrons. The molecule has 5 heteroatoms. The lowest BCUT2D eigenvalue weighted by Gasteiger charge is -2.30. The zero-order valence-electron chi connectivity index (χ0n) is 10.9. The fourth-order valence-electron chi connectivity index (χ4n) is 2.11. The number of morpholine rings is 1. The molecule has 0 spiro atoms. The van der Waals surface area contributed by atoms with E-state index in [0.29, 0.717) is 10.7 Å². The number of halogens is 1. The second-order valence-corrected chi connectivity index (χ2v) is 5.23. The number of nitrogens with two attached hydrogens (primary N) is 1. The maximum absolute atomic E-state index is 6.03. The van der Waals surface area contributed by atoms with Crippen LogP contribution in [0.25, 0.3) is 0 Å². The van der Waals surface area contributed by atoms with Crippen molar-refractivity contribution in [2.75, 3.05) is 44.3 Å². The number of aryl methyl sites for hydroxylation is 1. The molecule has 1 aliphatic rings. The number of rotatable bonds is 3. The first-order chi connectivity index (χ1) is 8.56. The van der Waals surface area contributed by atoms with E-state index < -0.39 is 0 Å². The first-order valence-electron chi connectivity index (χ1n) is 6.16. The van der Waals surface area contributed by atoms with Crippen LogP contribution in [0.1, 0.15) is 5.56 Å². The van der Waals surface area contributed by atoms with Gasteiger partial charge in [0.05, 0.1) is 23.4 Å². The predicted molar refractivity (Wildman–Crippen MR) is 76.3 cm³/mol. The second-order valence-electron chi connectivity index (χ2n) is 4.82. The van der Waals surface area contributed by atoms with E-state index in [0.717, 1.165) is 37.5 Å². The molecule has 4 nitrogen and oxygen atoms in total. The molecule has 1 atom stereocenters. The Morgan fingerprint density at radius 2 is 2.33 bits per heavy atom. The van der Waals surface area contributed by atoms with Crippen LogP contribution in [0.4, 0.5) is 11.4 Å². The van der Waals surface area contributed by atoms with E-state index in [2.05, 4.69) is 17.3 Å². The van der Waals surface area contributed by atoms with Gasteiger partial charge >= 0.3 is 0 Å². The maximum atomic E-state index is 6.03. The third-order valence-electron chi connectivity index (χ3n) is 3.21. The highest BCUT2D eigenvalue weighted by molar-refractivity contribution is 6.33. The minimum atomic E-state index is 0.222. The van der Waals surface area contributed by atoms with Crippen LogP contribution >= 0.6 is 11.6 Å². The summed E-state index contributed by atoms with van der Waals surface area (Å²) in [6.07, 6.45) is 0.222. The van der Waals surface area contributed by atoms with Gasteiger partial charge < -0.3 is 20.7 Å². The normalized spacial score (nSPS) is 20.9. The number of nitrogens with zero attached hydrogens (tertiary/aromatic N) is 1. The summed E-state index contributed by atoms with van der Waals surface area (Å²) in [5.74, 6) is 0.